The van der Waals surface area contributed by atoms with Gasteiger partial charge in [0.2, 0.25) is 5.95 Å². The Bertz CT molecular complexity index is 533. The summed E-state index contributed by atoms with van der Waals surface area (Å²) in [5, 5.41) is 0. The average Bonchev–Trinajstić information content (AvgIpc) is 2.65. The first-order valence-corrected chi connectivity index (χ1v) is 8.88. The van der Waals surface area contributed by atoms with E-state index >= 15 is 0 Å². The molecule has 1 aromatic heterocycles. The molecule has 1 spiro atoms. The molecule has 1 aromatic rings. The Morgan fingerprint density at radius 2 is 1.74 bits per heavy atom. The van der Waals surface area contributed by atoms with Gasteiger partial charge in [0.15, 0.2) is 0 Å². The van der Waals surface area contributed by atoms with Gasteiger partial charge in [0.05, 0.1) is 13.2 Å². The molecule has 0 aromatic carbocycles. The number of hydrogen-bond acceptors (Lipinski definition) is 5. The van der Waals surface area contributed by atoms with Gasteiger partial charge >= 0.3 is 0 Å². The van der Waals surface area contributed by atoms with E-state index in [1.54, 1.807) is 0 Å². The van der Waals surface area contributed by atoms with Gasteiger partial charge in [-0.3, -0.25) is 4.90 Å². The number of nitrogens with zero attached hydrogens (tertiary/aromatic N) is 4. The SMILES string of the molecule is C1=CC2(CCC1N1CCOCC1)CCN(c1ncccn1)CC2. The minimum Gasteiger partial charge on any atom is -0.379 e. The van der Waals surface area contributed by atoms with Crippen molar-refractivity contribution in [2.75, 3.05) is 44.3 Å². The van der Waals surface area contributed by atoms with Gasteiger partial charge in [-0.25, -0.2) is 9.97 Å². The maximum Gasteiger partial charge on any atom is 0.225 e. The summed E-state index contributed by atoms with van der Waals surface area (Å²) in [7, 11) is 0. The minimum atomic E-state index is 0.411. The molecule has 0 saturated carbocycles. The van der Waals surface area contributed by atoms with Crippen molar-refractivity contribution in [3.63, 3.8) is 0 Å². The van der Waals surface area contributed by atoms with Gasteiger partial charge in [0.1, 0.15) is 0 Å². The second-order valence-corrected chi connectivity index (χ2v) is 7.01. The Morgan fingerprint density at radius 3 is 2.39 bits per heavy atom. The maximum atomic E-state index is 5.47. The van der Waals surface area contributed by atoms with Crippen LogP contribution >= 0.6 is 0 Å². The van der Waals surface area contributed by atoms with Crippen LogP contribution in [-0.2, 0) is 4.74 Å². The second kappa shape index (κ2) is 6.57. The lowest BCUT2D eigenvalue weighted by Gasteiger charge is -2.44. The summed E-state index contributed by atoms with van der Waals surface area (Å²) < 4.78 is 5.47. The zero-order valence-corrected chi connectivity index (χ0v) is 13.7. The van der Waals surface area contributed by atoms with Crippen LogP contribution in [0, 0.1) is 5.41 Å². The molecule has 1 atom stereocenters. The van der Waals surface area contributed by atoms with Gasteiger partial charge < -0.3 is 9.64 Å². The Morgan fingerprint density at radius 1 is 1.00 bits per heavy atom. The van der Waals surface area contributed by atoms with Crippen molar-refractivity contribution in [1.29, 1.82) is 0 Å². The van der Waals surface area contributed by atoms with Crippen LogP contribution < -0.4 is 4.90 Å². The van der Waals surface area contributed by atoms with Crippen LogP contribution in [0.5, 0.6) is 0 Å². The number of ether oxygens (including phenoxy) is 1. The highest BCUT2D eigenvalue weighted by molar-refractivity contribution is 5.30. The van der Waals surface area contributed by atoms with Crippen LogP contribution in [0.4, 0.5) is 5.95 Å². The summed E-state index contributed by atoms with van der Waals surface area (Å²) >= 11 is 0. The van der Waals surface area contributed by atoms with Crippen molar-refractivity contribution in [2.24, 2.45) is 5.41 Å². The van der Waals surface area contributed by atoms with Crippen molar-refractivity contribution in [2.45, 2.75) is 31.7 Å². The maximum absolute atomic E-state index is 5.47. The molecule has 4 rings (SSSR count). The lowest BCUT2D eigenvalue weighted by atomic mass is 9.71. The first-order chi connectivity index (χ1) is 11.3. The van der Waals surface area contributed by atoms with Gasteiger partial charge in [-0.05, 0) is 37.2 Å². The van der Waals surface area contributed by atoms with Crippen molar-refractivity contribution >= 4 is 5.95 Å². The number of anilines is 1. The number of hydrogen-bond donors (Lipinski definition) is 0. The average molecular weight is 314 g/mol. The fourth-order valence-corrected chi connectivity index (χ4v) is 4.17. The van der Waals surface area contributed by atoms with Crippen molar-refractivity contribution in [3.05, 3.63) is 30.6 Å². The van der Waals surface area contributed by atoms with Gasteiger partial charge in [0, 0.05) is 44.6 Å². The molecule has 3 heterocycles. The molecule has 2 fully saturated rings. The van der Waals surface area contributed by atoms with Crippen LogP contribution in [0.3, 0.4) is 0 Å². The first-order valence-electron chi connectivity index (χ1n) is 8.88. The van der Waals surface area contributed by atoms with Gasteiger partial charge in [-0.15, -0.1) is 0 Å². The molecule has 3 aliphatic rings. The van der Waals surface area contributed by atoms with Crippen molar-refractivity contribution in [3.8, 4) is 0 Å². The normalized spacial score (nSPS) is 28.2. The Kier molecular flexibility index (Phi) is 4.31. The fourth-order valence-electron chi connectivity index (χ4n) is 4.17. The van der Waals surface area contributed by atoms with E-state index in [1.165, 1.54) is 25.7 Å². The van der Waals surface area contributed by atoms with Gasteiger partial charge in [-0.1, -0.05) is 12.2 Å². The Hall–Kier alpha value is -1.46. The molecule has 5 nitrogen and oxygen atoms in total. The summed E-state index contributed by atoms with van der Waals surface area (Å²) in [6.07, 6.45) is 13.7. The molecule has 0 radical (unpaired) electrons. The van der Waals surface area contributed by atoms with E-state index in [-0.39, 0.29) is 0 Å². The summed E-state index contributed by atoms with van der Waals surface area (Å²) in [4.78, 5) is 13.7. The van der Waals surface area contributed by atoms with Crippen LogP contribution in [0.2, 0.25) is 0 Å². The quantitative estimate of drug-likeness (QED) is 0.782. The third kappa shape index (κ3) is 3.26. The summed E-state index contributed by atoms with van der Waals surface area (Å²) in [5.74, 6) is 0.883. The first kappa shape index (κ1) is 15.1. The number of aromatic nitrogens is 2. The summed E-state index contributed by atoms with van der Waals surface area (Å²) in [6, 6.07) is 2.50. The number of allylic oxidation sites excluding steroid dienone is 1. The lowest BCUT2D eigenvalue weighted by molar-refractivity contribution is 0.0196. The highest BCUT2D eigenvalue weighted by Gasteiger charge is 2.36. The Labute approximate surface area is 138 Å². The van der Waals surface area contributed by atoms with Gasteiger partial charge in [0.25, 0.3) is 0 Å². The standard InChI is InChI=1S/C18H26N4O/c1-8-19-17(20-9-1)22-10-6-18(7-11-22)4-2-16(3-5-18)21-12-14-23-15-13-21/h1-2,4,8-9,16H,3,5-7,10-15H2. The molecule has 0 amide bonds. The highest BCUT2D eigenvalue weighted by Crippen LogP contribution is 2.42. The van der Waals surface area contributed by atoms with Crippen molar-refractivity contribution in [1.82, 2.24) is 14.9 Å². The third-order valence-electron chi connectivity index (χ3n) is 5.72. The minimum absolute atomic E-state index is 0.411. The highest BCUT2D eigenvalue weighted by atomic mass is 16.5. The smallest absolute Gasteiger partial charge is 0.225 e. The molecular weight excluding hydrogens is 288 g/mol. The molecular formula is C18H26N4O. The molecule has 2 aliphatic heterocycles. The molecule has 124 valence electrons. The van der Waals surface area contributed by atoms with E-state index in [9.17, 15) is 0 Å². The number of rotatable bonds is 2. The molecule has 5 heteroatoms. The summed E-state index contributed by atoms with van der Waals surface area (Å²) in [6.45, 7) is 6.08. The van der Waals surface area contributed by atoms with E-state index in [0.717, 1.165) is 45.3 Å². The van der Waals surface area contributed by atoms with Gasteiger partial charge in [-0.2, -0.15) is 0 Å². The summed E-state index contributed by atoms with van der Waals surface area (Å²) in [5.41, 5.74) is 0.411. The van der Waals surface area contributed by atoms with E-state index in [4.69, 9.17) is 4.74 Å². The van der Waals surface area contributed by atoms with Crippen LogP contribution in [0.15, 0.2) is 30.6 Å². The van der Waals surface area contributed by atoms with E-state index in [0.29, 0.717) is 11.5 Å². The van der Waals surface area contributed by atoms with Crippen LogP contribution in [0.1, 0.15) is 25.7 Å². The van der Waals surface area contributed by atoms with E-state index in [2.05, 4.69) is 31.9 Å². The monoisotopic (exact) mass is 314 g/mol. The molecule has 0 bridgehead atoms. The number of piperidine rings is 1. The largest absolute Gasteiger partial charge is 0.379 e. The zero-order valence-electron chi connectivity index (χ0n) is 13.7. The van der Waals surface area contributed by atoms with Crippen LogP contribution in [0.25, 0.3) is 0 Å². The van der Waals surface area contributed by atoms with E-state index in [1.807, 2.05) is 18.5 Å². The Balaban J connectivity index is 1.36. The van der Waals surface area contributed by atoms with E-state index < -0.39 is 0 Å². The molecule has 23 heavy (non-hydrogen) atoms. The predicted molar refractivity (Wildman–Crippen MR) is 90.5 cm³/mol. The molecule has 2 saturated heterocycles. The van der Waals surface area contributed by atoms with Crippen molar-refractivity contribution < 1.29 is 4.74 Å². The van der Waals surface area contributed by atoms with Crippen LogP contribution in [-0.4, -0.2) is 60.3 Å². The topological polar surface area (TPSA) is 41.5 Å². The number of morpholine rings is 1. The lowest BCUT2D eigenvalue weighted by Crippen LogP contribution is -2.46. The third-order valence-corrected chi connectivity index (χ3v) is 5.72. The fraction of sp³-hybridized carbons (Fsp3) is 0.667. The molecule has 1 unspecified atom stereocenters. The zero-order chi connectivity index (χ0) is 15.5. The molecule has 1 aliphatic carbocycles. The predicted octanol–water partition coefficient (Wildman–Crippen LogP) is 2.11. The second-order valence-electron chi connectivity index (χ2n) is 7.01. The molecule has 0 N–H and O–H groups in total.